The number of aromatic nitrogens is 2. The number of nitrogens with zero attached hydrogens (tertiary/aromatic N) is 4. The summed E-state index contributed by atoms with van der Waals surface area (Å²) in [5, 5.41) is 4.30. The third-order valence-corrected chi connectivity index (χ3v) is 6.30. The van der Waals surface area contributed by atoms with Crippen LogP contribution >= 0.6 is 11.6 Å². The number of sulfonamides is 1. The van der Waals surface area contributed by atoms with Crippen LogP contribution in [-0.4, -0.2) is 53.6 Å². The average molecular weight is 373 g/mol. The highest BCUT2D eigenvalue weighted by molar-refractivity contribution is 7.89. The van der Waals surface area contributed by atoms with Crippen molar-refractivity contribution in [2.75, 3.05) is 26.2 Å². The third-order valence-electron chi connectivity index (χ3n) is 4.09. The van der Waals surface area contributed by atoms with Gasteiger partial charge in [0.2, 0.25) is 10.0 Å². The topological polar surface area (TPSA) is 58.4 Å². The third kappa shape index (κ3) is 3.46. The molecule has 6 nitrogen and oxygen atoms in total. The molecule has 1 saturated heterocycles. The van der Waals surface area contributed by atoms with Gasteiger partial charge in [-0.05, 0) is 12.1 Å². The van der Waals surface area contributed by atoms with Gasteiger partial charge in [0.15, 0.2) is 0 Å². The van der Waals surface area contributed by atoms with Gasteiger partial charge in [0.1, 0.15) is 10.7 Å². The molecule has 0 N–H and O–H groups in total. The highest BCUT2D eigenvalue weighted by Gasteiger charge is 2.29. The molecule has 9 heteroatoms. The van der Waals surface area contributed by atoms with E-state index in [0.29, 0.717) is 43.3 Å². The quantitative estimate of drug-likeness (QED) is 0.820. The van der Waals surface area contributed by atoms with E-state index in [4.69, 9.17) is 11.6 Å². The van der Waals surface area contributed by atoms with Gasteiger partial charge < -0.3 is 0 Å². The van der Waals surface area contributed by atoms with E-state index in [0.717, 1.165) is 0 Å². The number of benzene rings is 1. The second-order valence-electron chi connectivity index (χ2n) is 5.73. The molecule has 1 fully saturated rings. The Balaban J connectivity index is 1.66. The van der Waals surface area contributed by atoms with Crippen LogP contribution in [0.15, 0.2) is 35.5 Å². The normalized spacial score (nSPS) is 17.3. The van der Waals surface area contributed by atoms with Gasteiger partial charge in [-0.2, -0.15) is 9.40 Å². The zero-order valence-electron chi connectivity index (χ0n) is 13.2. The molecule has 1 aromatic heterocycles. The summed E-state index contributed by atoms with van der Waals surface area (Å²) in [5.41, 5.74) is 0.447. The van der Waals surface area contributed by atoms with Crippen molar-refractivity contribution in [3.8, 4) is 0 Å². The van der Waals surface area contributed by atoms with Crippen LogP contribution < -0.4 is 0 Å². The molecule has 0 amide bonds. The minimum absolute atomic E-state index is 0.190. The number of piperazine rings is 1. The van der Waals surface area contributed by atoms with Gasteiger partial charge in [0.05, 0.1) is 6.20 Å². The van der Waals surface area contributed by atoms with Gasteiger partial charge in [0, 0.05) is 56.6 Å². The first-order valence-corrected chi connectivity index (χ1v) is 9.34. The van der Waals surface area contributed by atoms with Crippen molar-refractivity contribution in [1.29, 1.82) is 0 Å². The second-order valence-corrected chi connectivity index (χ2v) is 8.08. The molecule has 1 aliphatic rings. The Bertz CT molecular complexity index is 811. The Morgan fingerprint density at radius 3 is 2.54 bits per heavy atom. The molecule has 0 aliphatic carbocycles. The Morgan fingerprint density at radius 2 is 1.96 bits per heavy atom. The molecular weight excluding hydrogens is 355 g/mol. The van der Waals surface area contributed by atoms with Crippen LogP contribution in [0.5, 0.6) is 0 Å². The first-order valence-electron chi connectivity index (χ1n) is 7.52. The summed E-state index contributed by atoms with van der Waals surface area (Å²) >= 11 is 6.05. The van der Waals surface area contributed by atoms with E-state index in [2.05, 4.69) is 5.10 Å². The molecule has 0 bridgehead atoms. The molecule has 0 saturated carbocycles. The summed E-state index contributed by atoms with van der Waals surface area (Å²) in [6.45, 7) is 2.10. The fraction of sp³-hybridized carbons (Fsp3) is 0.400. The van der Waals surface area contributed by atoms with Crippen molar-refractivity contribution < 1.29 is 12.8 Å². The largest absolute Gasteiger partial charge is 0.296 e. The maximum atomic E-state index is 13.9. The summed E-state index contributed by atoms with van der Waals surface area (Å²) in [6, 6.07) is 4.60. The predicted octanol–water partition coefficient (Wildman–Crippen LogP) is 1.72. The summed E-state index contributed by atoms with van der Waals surface area (Å²) in [7, 11) is -1.85. The molecule has 24 heavy (non-hydrogen) atoms. The zero-order valence-corrected chi connectivity index (χ0v) is 14.8. The van der Waals surface area contributed by atoms with Gasteiger partial charge >= 0.3 is 0 Å². The first kappa shape index (κ1) is 17.3. The number of hydrogen-bond acceptors (Lipinski definition) is 4. The minimum atomic E-state index is -3.53. The van der Waals surface area contributed by atoms with Crippen LogP contribution in [0.2, 0.25) is 5.02 Å². The summed E-state index contributed by atoms with van der Waals surface area (Å²) in [6.07, 6.45) is 2.83. The van der Waals surface area contributed by atoms with Gasteiger partial charge in [-0.25, -0.2) is 12.8 Å². The number of hydrogen-bond donors (Lipinski definition) is 0. The van der Waals surface area contributed by atoms with Crippen LogP contribution in [0.4, 0.5) is 4.39 Å². The fourth-order valence-corrected chi connectivity index (χ4v) is 4.35. The highest BCUT2D eigenvalue weighted by atomic mass is 35.5. The van der Waals surface area contributed by atoms with Crippen LogP contribution in [0, 0.1) is 5.82 Å². The van der Waals surface area contributed by atoms with E-state index in [-0.39, 0.29) is 10.7 Å². The number of halogens is 2. The van der Waals surface area contributed by atoms with E-state index >= 15 is 0 Å². The standard InChI is InChI=1S/C15H18ClFN4O2S/c1-19-10-12(9-18-19)24(22,23)21-7-5-20(6-8-21)11-13-14(16)3-2-4-15(13)17/h2-4,9-10H,5-8,11H2,1H3. The molecule has 0 unspecified atom stereocenters. The molecule has 0 radical (unpaired) electrons. The van der Waals surface area contributed by atoms with E-state index < -0.39 is 10.0 Å². The summed E-state index contributed by atoms with van der Waals surface area (Å²) < 4.78 is 41.9. The lowest BCUT2D eigenvalue weighted by molar-refractivity contribution is 0.180. The fourth-order valence-electron chi connectivity index (χ4n) is 2.72. The second kappa shape index (κ2) is 6.79. The molecule has 2 aromatic rings. The molecule has 3 rings (SSSR count). The van der Waals surface area contributed by atoms with E-state index in [1.165, 1.54) is 27.4 Å². The van der Waals surface area contributed by atoms with Crippen molar-refractivity contribution >= 4 is 21.6 Å². The van der Waals surface area contributed by atoms with Gasteiger partial charge in [-0.15, -0.1) is 0 Å². The zero-order chi connectivity index (χ0) is 17.3. The molecule has 0 atom stereocenters. The lowest BCUT2D eigenvalue weighted by Gasteiger charge is -2.33. The maximum Gasteiger partial charge on any atom is 0.246 e. The maximum absolute atomic E-state index is 13.9. The molecule has 2 heterocycles. The van der Waals surface area contributed by atoms with E-state index in [1.807, 2.05) is 4.90 Å². The lowest BCUT2D eigenvalue weighted by atomic mass is 10.2. The predicted molar refractivity (Wildman–Crippen MR) is 88.7 cm³/mol. The van der Waals surface area contributed by atoms with Crippen molar-refractivity contribution in [2.45, 2.75) is 11.4 Å². The Kier molecular flexibility index (Phi) is 4.91. The van der Waals surface area contributed by atoms with Gasteiger partial charge in [-0.3, -0.25) is 9.58 Å². The van der Waals surface area contributed by atoms with Gasteiger partial charge in [0.25, 0.3) is 0 Å². The smallest absolute Gasteiger partial charge is 0.246 e. The van der Waals surface area contributed by atoms with Gasteiger partial charge in [-0.1, -0.05) is 17.7 Å². The van der Waals surface area contributed by atoms with Crippen LogP contribution in [0.1, 0.15) is 5.56 Å². The molecule has 1 aromatic carbocycles. The SMILES string of the molecule is Cn1cc(S(=O)(=O)N2CCN(Cc3c(F)cccc3Cl)CC2)cn1. The average Bonchev–Trinajstić information content (AvgIpc) is 2.99. The Hall–Kier alpha value is -1.48. The van der Waals surface area contributed by atoms with Crippen molar-refractivity contribution in [3.63, 3.8) is 0 Å². The molecule has 0 spiro atoms. The number of rotatable bonds is 4. The summed E-state index contributed by atoms with van der Waals surface area (Å²) in [5.74, 6) is -0.340. The molecule has 130 valence electrons. The monoisotopic (exact) mass is 372 g/mol. The van der Waals surface area contributed by atoms with Crippen molar-refractivity contribution in [3.05, 3.63) is 47.0 Å². The highest BCUT2D eigenvalue weighted by Crippen LogP contribution is 2.22. The number of aryl methyl sites for hydroxylation is 1. The summed E-state index contributed by atoms with van der Waals surface area (Å²) in [4.78, 5) is 2.19. The Labute approximate surface area is 145 Å². The van der Waals surface area contributed by atoms with E-state index in [9.17, 15) is 12.8 Å². The Morgan fingerprint density at radius 1 is 1.25 bits per heavy atom. The minimum Gasteiger partial charge on any atom is -0.296 e. The van der Waals surface area contributed by atoms with Crippen LogP contribution in [0.3, 0.4) is 0 Å². The van der Waals surface area contributed by atoms with Crippen LogP contribution in [-0.2, 0) is 23.6 Å². The van der Waals surface area contributed by atoms with Crippen molar-refractivity contribution in [1.82, 2.24) is 19.0 Å². The van der Waals surface area contributed by atoms with Crippen molar-refractivity contribution in [2.24, 2.45) is 7.05 Å². The molecular formula is C15H18ClFN4O2S. The van der Waals surface area contributed by atoms with E-state index in [1.54, 1.807) is 19.2 Å². The first-order chi connectivity index (χ1) is 11.4. The molecule has 1 aliphatic heterocycles. The lowest BCUT2D eigenvalue weighted by Crippen LogP contribution is -2.48. The van der Waals surface area contributed by atoms with Crippen LogP contribution in [0.25, 0.3) is 0 Å².